The largest absolute Gasteiger partial charge is 0.369 e. The molecule has 1 saturated carbocycles. The number of imidazole rings is 1. The molecule has 18 heavy (non-hydrogen) atoms. The van der Waals surface area contributed by atoms with E-state index in [0.29, 0.717) is 11.5 Å². The van der Waals surface area contributed by atoms with E-state index in [4.69, 9.17) is 17.3 Å². The van der Waals surface area contributed by atoms with E-state index in [1.165, 1.54) is 25.3 Å². The van der Waals surface area contributed by atoms with Crippen LogP contribution in [0.1, 0.15) is 26.2 Å². The van der Waals surface area contributed by atoms with Gasteiger partial charge in [-0.25, -0.2) is 9.37 Å². The molecule has 1 heterocycles. The zero-order valence-electron chi connectivity index (χ0n) is 10.2. The van der Waals surface area contributed by atoms with Crippen molar-refractivity contribution >= 4 is 28.6 Å². The number of nitrogens with zero attached hydrogens (tertiary/aromatic N) is 2. The molecule has 2 N–H and O–H groups in total. The number of benzene rings is 1. The molecule has 0 saturated heterocycles. The number of nitrogens with two attached hydrogens (primary N) is 1. The van der Waals surface area contributed by atoms with Crippen LogP contribution in [-0.2, 0) is 6.54 Å². The van der Waals surface area contributed by atoms with Gasteiger partial charge in [-0.1, -0.05) is 24.9 Å². The Morgan fingerprint density at radius 2 is 2.22 bits per heavy atom. The van der Waals surface area contributed by atoms with Gasteiger partial charge in [0.05, 0.1) is 16.1 Å². The first-order valence-corrected chi connectivity index (χ1v) is 6.47. The normalized spacial score (nSPS) is 17.9. The van der Waals surface area contributed by atoms with Crippen molar-refractivity contribution in [1.29, 1.82) is 0 Å². The van der Waals surface area contributed by atoms with Crippen molar-refractivity contribution in [1.82, 2.24) is 9.55 Å². The highest BCUT2D eigenvalue weighted by Crippen LogP contribution is 2.42. The molecule has 1 aromatic heterocycles. The Morgan fingerprint density at radius 3 is 2.83 bits per heavy atom. The van der Waals surface area contributed by atoms with Crippen LogP contribution in [0.5, 0.6) is 0 Å². The predicted molar refractivity (Wildman–Crippen MR) is 71.1 cm³/mol. The lowest BCUT2D eigenvalue weighted by Gasteiger charge is -2.38. The maximum atomic E-state index is 13.4. The van der Waals surface area contributed by atoms with E-state index in [0.717, 1.165) is 12.1 Å². The van der Waals surface area contributed by atoms with Gasteiger partial charge in [0.1, 0.15) is 5.82 Å². The smallest absolute Gasteiger partial charge is 0.201 e. The van der Waals surface area contributed by atoms with Crippen molar-refractivity contribution in [2.45, 2.75) is 32.7 Å². The summed E-state index contributed by atoms with van der Waals surface area (Å²) in [7, 11) is 0. The fourth-order valence-electron chi connectivity index (χ4n) is 2.63. The van der Waals surface area contributed by atoms with Crippen molar-refractivity contribution < 1.29 is 4.39 Å². The van der Waals surface area contributed by atoms with Crippen molar-refractivity contribution in [3.05, 3.63) is 23.0 Å². The van der Waals surface area contributed by atoms with Gasteiger partial charge in [-0.15, -0.1) is 0 Å². The molecule has 1 aromatic carbocycles. The number of anilines is 1. The van der Waals surface area contributed by atoms with Crippen LogP contribution in [-0.4, -0.2) is 9.55 Å². The molecule has 0 aliphatic heterocycles. The maximum absolute atomic E-state index is 13.4. The number of hydrogen-bond acceptors (Lipinski definition) is 2. The van der Waals surface area contributed by atoms with Gasteiger partial charge in [-0.2, -0.15) is 0 Å². The van der Waals surface area contributed by atoms with Gasteiger partial charge in [0.25, 0.3) is 0 Å². The molecular formula is C13H15ClFN3. The Bertz CT molecular complexity index is 616. The monoisotopic (exact) mass is 267 g/mol. The second-order valence-electron chi connectivity index (χ2n) is 5.48. The fourth-order valence-corrected chi connectivity index (χ4v) is 2.78. The van der Waals surface area contributed by atoms with Gasteiger partial charge in [-0.05, 0) is 24.3 Å². The Hall–Kier alpha value is -1.29. The summed E-state index contributed by atoms with van der Waals surface area (Å²) in [6.45, 7) is 3.06. The molecule has 2 aromatic rings. The van der Waals surface area contributed by atoms with Gasteiger partial charge >= 0.3 is 0 Å². The molecule has 0 bridgehead atoms. The van der Waals surface area contributed by atoms with Crippen LogP contribution in [0.15, 0.2) is 12.1 Å². The Morgan fingerprint density at radius 1 is 1.50 bits per heavy atom. The highest BCUT2D eigenvalue weighted by atomic mass is 35.5. The van der Waals surface area contributed by atoms with Crippen molar-refractivity contribution in [2.75, 3.05) is 5.73 Å². The molecule has 0 unspecified atom stereocenters. The van der Waals surface area contributed by atoms with E-state index in [-0.39, 0.29) is 10.4 Å². The third kappa shape index (κ3) is 1.75. The van der Waals surface area contributed by atoms with Crippen LogP contribution >= 0.6 is 11.6 Å². The van der Waals surface area contributed by atoms with Gasteiger partial charge < -0.3 is 10.3 Å². The van der Waals surface area contributed by atoms with E-state index in [1.54, 1.807) is 6.07 Å². The molecule has 3 nitrogen and oxygen atoms in total. The molecule has 1 aliphatic rings. The molecule has 5 heteroatoms. The van der Waals surface area contributed by atoms with E-state index < -0.39 is 5.82 Å². The lowest BCUT2D eigenvalue weighted by molar-refractivity contribution is 0.135. The average molecular weight is 268 g/mol. The van der Waals surface area contributed by atoms with E-state index in [9.17, 15) is 4.39 Å². The number of hydrogen-bond donors (Lipinski definition) is 1. The van der Waals surface area contributed by atoms with Crippen LogP contribution in [0.3, 0.4) is 0 Å². The van der Waals surface area contributed by atoms with Gasteiger partial charge in [-0.3, -0.25) is 0 Å². The Kier molecular flexibility index (Phi) is 2.52. The second kappa shape index (κ2) is 3.85. The lowest BCUT2D eigenvalue weighted by Crippen LogP contribution is -2.31. The SMILES string of the molecule is CC1(Cn2c(N)nc3cc(F)c(Cl)cc32)CCC1. The van der Waals surface area contributed by atoms with Crippen molar-refractivity contribution in [2.24, 2.45) is 5.41 Å². The third-order valence-corrected chi connectivity index (χ3v) is 4.21. The molecule has 0 atom stereocenters. The minimum Gasteiger partial charge on any atom is -0.369 e. The Balaban J connectivity index is 2.10. The number of fused-ring (bicyclic) bond motifs is 1. The summed E-state index contributed by atoms with van der Waals surface area (Å²) >= 11 is 5.83. The quantitative estimate of drug-likeness (QED) is 0.903. The van der Waals surface area contributed by atoms with E-state index >= 15 is 0 Å². The maximum Gasteiger partial charge on any atom is 0.201 e. The summed E-state index contributed by atoms with van der Waals surface area (Å²) in [5, 5.41) is 0.113. The van der Waals surface area contributed by atoms with Crippen LogP contribution in [0.4, 0.5) is 10.3 Å². The van der Waals surface area contributed by atoms with Crippen LogP contribution in [0, 0.1) is 11.2 Å². The fraction of sp³-hybridized carbons (Fsp3) is 0.462. The molecule has 1 aliphatic carbocycles. The third-order valence-electron chi connectivity index (χ3n) is 3.92. The van der Waals surface area contributed by atoms with Gasteiger partial charge in [0, 0.05) is 12.6 Å². The number of halogens is 2. The molecule has 3 rings (SSSR count). The summed E-state index contributed by atoms with van der Waals surface area (Å²) in [6, 6.07) is 2.95. The molecule has 0 spiro atoms. The zero-order valence-corrected chi connectivity index (χ0v) is 11.0. The summed E-state index contributed by atoms with van der Waals surface area (Å²) in [6.07, 6.45) is 3.65. The standard InChI is InChI=1S/C13H15ClFN3/c1-13(3-2-4-13)7-18-11-5-8(14)9(15)6-10(11)17-12(18)16/h5-6H,2-4,7H2,1H3,(H2,16,17). The number of rotatable bonds is 2. The first-order valence-electron chi connectivity index (χ1n) is 6.09. The van der Waals surface area contributed by atoms with Gasteiger partial charge in [0.2, 0.25) is 5.95 Å². The lowest BCUT2D eigenvalue weighted by atomic mass is 9.70. The van der Waals surface area contributed by atoms with Crippen LogP contribution in [0.2, 0.25) is 5.02 Å². The summed E-state index contributed by atoms with van der Waals surface area (Å²) < 4.78 is 15.3. The minimum atomic E-state index is -0.455. The zero-order chi connectivity index (χ0) is 12.9. The Labute approximate surface area is 110 Å². The highest BCUT2D eigenvalue weighted by molar-refractivity contribution is 6.31. The average Bonchev–Trinajstić information content (AvgIpc) is 2.55. The van der Waals surface area contributed by atoms with E-state index in [1.807, 2.05) is 4.57 Å². The second-order valence-corrected chi connectivity index (χ2v) is 5.88. The summed E-state index contributed by atoms with van der Waals surface area (Å²) in [4.78, 5) is 4.20. The molecule has 0 amide bonds. The summed E-state index contributed by atoms with van der Waals surface area (Å²) in [5.74, 6) is -0.0246. The topological polar surface area (TPSA) is 43.8 Å². The predicted octanol–water partition coefficient (Wildman–Crippen LogP) is 3.60. The first kappa shape index (κ1) is 11.8. The minimum absolute atomic E-state index is 0.113. The molecular weight excluding hydrogens is 253 g/mol. The number of nitrogen functional groups attached to an aromatic ring is 1. The van der Waals surface area contributed by atoms with Crippen LogP contribution < -0.4 is 5.73 Å². The van der Waals surface area contributed by atoms with E-state index in [2.05, 4.69) is 11.9 Å². The van der Waals surface area contributed by atoms with Crippen LogP contribution in [0.25, 0.3) is 11.0 Å². The van der Waals surface area contributed by atoms with Gasteiger partial charge in [0.15, 0.2) is 0 Å². The molecule has 1 fully saturated rings. The van der Waals surface area contributed by atoms with Crippen molar-refractivity contribution in [3.8, 4) is 0 Å². The van der Waals surface area contributed by atoms with Crippen molar-refractivity contribution in [3.63, 3.8) is 0 Å². The summed E-state index contributed by atoms with van der Waals surface area (Å²) in [5.41, 5.74) is 7.59. The highest BCUT2D eigenvalue weighted by Gasteiger charge is 2.33. The first-order chi connectivity index (χ1) is 8.48. The molecule has 96 valence electrons. The number of aromatic nitrogens is 2. The molecule has 0 radical (unpaired) electrons.